The first-order valence-corrected chi connectivity index (χ1v) is 24.7. The number of urea groups is 1. The molecule has 0 radical (unpaired) electrons. The number of likely N-dealkylation sites (tertiary alicyclic amines) is 2. The van der Waals surface area contributed by atoms with E-state index in [9.17, 15) is 14.4 Å². The number of hydrogen-bond acceptors (Lipinski definition) is 14. The number of rotatable bonds is 11. The van der Waals surface area contributed by atoms with Crippen LogP contribution in [-0.2, 0) is 16.6 Å². The second-order valence-corrected chi connectivity index (χ2v) is 19.9. The molecular formula is C49H59FN14O5. The number of aryl methyl sites for hydroxylation is 1. The van der Waals surface area contributed by atoms with E-state index in [0.717, 1.165) is 101 Å². The van der Waals surface area contributed by atoms with Crippen molar-refractivity contribution in [2.45, 2.75) is 121 Å². The molecule has 0 spiro atoms. The van der Waals surface area contributed by atoms with Crippen molar-refractivity contribution in [1.29, 1.82) is 0 Å². The maximum atomic E-state index is 16.2. The summed E-state index contributed by atoms with van der Waals surface area (Å²) in [6.45, 7) is 7.77. The summed E-state index contributed by atoms with van der Waals surface area (Å²) in [5.41, 5.74) is 10.9. The third kappa shape index (κ3) is 8.54. The van der Waals surface area contributed by atoms with E-state index in [0.29, 0.717) is 88.0 Å². The molecule has 8 heterocycles. The number of hydrogen-bond donors (Lipinski definition) is 2. The molecule has 11 rings (SSSR count). The molecule has 3 N–H and O–H groups in total. The highest BCUT2D eigenvalue weighted by Gasteiger charge is 2.37. The lowest BCUT2D eigenvalue weighted by atomic mass is 9.82. The number of benzene rings is 1. The van der Waals surface area contributed by atoms with Crippen molar-refractivity contribution in [1.82, 2.24) is 59.8 Å². The van der Waals surface area contributed by atoms with Gasteiger partial charge in [0, 0.05) is 68.9 Å². The highest BCUT2D eigenvalue weighted by molar-refractivity contribution is 6.09. The number of ether oxygens (including phenoxy) is 1. The van der Waals surface area contributed by atoms with Crippen molar-refractivity contribution in [2.75, 3.05) is 50.0 Å². The van der Waals surface area contributed by atoms with Gasteiger partial charge in [-0.15, -0.1) is 0 Å². The Morgan fingerprint density at radius 1 is 0.884 bits per heavy atom. The first kappa shape index (κ1) is 44.9. The van der Waals surface area contributed by atoms with Gasteiger partial charge >= 0.3 is 12.1 Å². The molecule has 3 saturated heterocycles. The summed E-state index contributed by atoms with van der Waals surface area (Å²) in [4.78, 5) is 61.7. The number of carbonyl (C=O) groups is 3. The highest BCUT2D eigenvalue weighted by atomic mass is 19.1. The van der Waals surface area contributed by atoms with E-state index in [1.807, 2.05) is 48.0 Å². The number of fused-ring (bicyclic) bond motifs is 2. The molecule has 4 amide bonds. The third-order valence-corrected chi connectivity index (χ3v) is 15.3. The van der Waals surface area contributed by atoms with Crippen molar-refractivity contribution in [3.63, 3.8) is 0 Å². The van der Waals surface area contributed by atoms with E-state index in [-0.39, 0.29) is 54.6 Å². The van der Waals surface area contributed by atoms with Gasteiger partial charge in [0.2, 0.25) is 5.91 Å². The summed E-state index contributed by atoms with van der Waals surface area (Å²) in [5.74, 6) is 2.46. The number of halogens is 1. The predicted molar refractivity (Wildman–Crippen MR) is 254 cm³/mol. The van der Waals surface area contributed by atoms with Crippen molar-refractivity contribution >= 4 is 51.6 Å². The van der Waals surface area contributed by atoms with Crippen LogP contribution in [0, 0.1) is 11.7 Å². The number of amides is 4. The quantitative estimate of drug-likeness (QED) is 0.128. The number of anilines is 2. The van der Waals surface area contributed by atoms with E-state index in [1.165, 1.54) is 15.9 Å². The molecule has 5 fully saturated rings. The Labute approximate surface area is 398 Å². The van der Waals surface area contributed by atoms with Gasteiger partial charge in [0.1, 0.15) is 29.0 Å². The number of carbonyl (C=O) groups excluding carboxylic acids is 3. The molecule has 1 aromatic carbocycles. The maximum absolute atomic E-state index is 16.2. The Morgan fingerprint density at radius 2 is 1.62 bits per heavy atom. The van der Waals surface area contributed by atoms with E-state index in [2.05, 4.69) is 30.4 Å². The van der Waals surface area contributed by atoms with Crippen LogP contribution in [-0.4, -0.2) is 118 Å². The summed E-state index contributed by atoms with van der Waals surface area (Å²) in [6.07, 6.45) is 15.8. The Bertz CT molecular complexity index is 2900. The molecule has 2 saturated carbocycles. The number of nitrogen functional groups attached to an aromatic ring is 1. The molecule has 3 aliphatic heterocycles. The Balaban J connectivity index is 0.633. The van der Waals surface area contributed by atoms with Gasteiger partial charge in [-0.2, -0.15) is 10.2 Å². The standard InChI is InChI=1S/C49H59FN14O5/c1-27(2)64-47-38(44(51)54-26-55-47)40(57-64)41-37(43(69-59-41)31-6-7-31)45-52-24-32(25-53-45)29-12-20-62(21-13-29)49(67)68-23-17-28-4-8-33(9-5-28)61-18-14-30(15-19-61)34-10-11-35-42(39(34)50)60(3)58-46(35)63-22-16-36(65)56-48(63)66/h10-11,24-31,33H,4-9,12-23H2,1-3H3,(H2,51,54,55)(H,56,65,66). The van der Waals surface area contributed by atoms with Gasteiger partial charge < -0.3 is 24.8 Å². The first-order valence-electron chi connectivity index (χ1n) is 24.7. The summed E-state index contributed by atoms with van der Waals surface area (Å²) in [5, 5.41) is 17.4. The van der Waals surface area contributed by atoms with Crippen LogP contribution in [0.15, 0.2) is 35.4 Å². The highest BCUT2D eigenvalue weighted by Crippen LogP contribution is 2.48. The lowest BCUT2D eigenvalue weighted by molar-refractivity contribution is -0.120. The van der Waals surface area contributed by atoms with Crippen molar-refractivity contribution in [3.8, 4) is 22.8 Å². The molecule has 69 heavy (non-hydrogen) atoms. The zero-order valence-electron chi connectivity index (χ0n) is 39.4. The molecule has 0 unspecified atom stereocenters. The molecule has 19 nitrogen and oxygen atoms in total. The normalized spacial score (nSPS) is 21.2. The van der Waals surface area contributed by atoms with E-state index in [4.69, 9.17) is 30.1 Å². The van der Waals surface area contributed by atoms with E-state index >= 15 is 4.39 Å². The summed E-state index contributed by atoms with van der Waals surface area (Å²) in [7, 11) is 1.69. The molecule has 362 valence electrons. The number of aromatic nitrogens is 9. The van der Waals surface area contributed by atoms with Crippen LogP contribution in [0.5, 0.6) is 0 Å². The summed E-state index contributed by atoms with van der Waals surface area (Å²) < 4.78 is 31.3. The van der Waals surface area contributed by atoms with Crippen LogP contribution >= 0.6 is 0 Å². The predicted octanol–water partition coefficient (Wildman–Crippen LogP) is 7.60. The minimum Gasteiger partial charge on any atom is -0.449 e. The van der Waals surface area contributed by atoms with E-state index < -0.39 is 6.03 Å². The van der Waals surface area contributed by atoms with E-state index in [1.54, 1.807) is 7.05 Å². The summed E-state index contributed by atoms with van der Waals surface area (Å²) >= 11 is 0. The van der Waals surface area contributed by atoms with Gasteiger partial charge in [0.25, 0.3) is 0 Å². The first-order chi connectivity index (χ1) is 33.5. The van der Waals surface area contributed by atoms with Crippen LogP contribution in [0.2, 0.25) is 0 Å². The number of piperidine rings is 2. The number of nitrogens with one attached hydrogen (secondary N) is 1. The molecule has 6 aromatic rings. The molecular weight excluding hydrogens is 884 g/mol. The van der Waals surface area contributed by atoms with Gasteiger partial charge in [-0.05, 0) is 133 Å². The molecule has 5 aromatic heterocycles. The van der Waals surface area contributed by atoms with Crippen LogP contribution in [0.1, 0.15) is 132 Å². The zero-order chi connectivity index (χ0) is 47.5. The fraction of sp³-hybridized carbons (Fsp3) is 0.551. The summed E-state index contributed by atoms with van der Waals surface area (Å²) in [6, 6.07) is 3.73. The monoisotopic (exact) mass is 942 g/mol. The second-order valence-electron chi connectivity index (χ2n) is 19.9. The third-order valence-electron chi connectivity index (χ3n) is 15.3. The molecule has 20 heteroatoms. The second kappa shape index (κ2) is 18.4. The maximum Gasteiger partial charge on any atom is 0.409 e. The minimum absolute atomic E-state index is 0.0308. The van der Waals surface area contributed by atoms with Gasteiger partial charge in [0.05, 0.1) is 17.6 Å². The van der Waals surface area contributed by atoms with Gasteiger partial charge in [-0.1, -0.05) is 11.2 Å². The number of nitrogens with zero attached hydrogens (tertiary/aromatic N) is 12. The van der Waals surface area contributed by atoms with Crippen molar-refractivity contribution in [3.05, 3.63) is 53.6 Å². The SMILES string of the molecule is CC(C)n1nc(-c2noc(C3CC3)c2-c2ncc(C3CCN(C(=O)OCCC4CCC(N5CCC(c6ccc7c(N8CCC(=O)NC8=O)nn(C)c7c6F)CC5)CC4)CC3)cn2)c2c(N)ncnc21. The lowest BCUT2D eigenvalue weighted by Crippen LogP contribution is -2.49. The smallest absolute Gasteiger partial charge is 0.409 e. The number of imide groups is 1. The van der Waals surface area contributed by atoms with Crippen LogP contribution in [0.4, 0.5) is 25.6 Å². The largest absolute Gasteiger partial charge is 0.449 e. The average Bonchev–Trinajstić information content (AvgIpc) is 3.84. The average molecular weight is 943 g/mol. The van der Waals surface area contributed by atoms with Crippen LogP contribution < -0.4 is 16.0 Å². The zero-order valence-corrected chi connectivity index (χ0v) is 39.4. The Kier molecular flexibility index (Phi) is 12.0. The Hall–Kier alpha value is -6.57. The number of nitrogens with two attached hydrogens (primary N) is 1. The van der Waals surface area contributed by atoms with Crippen LogP contribution in [0.3, 0.4) is 0 Å². The van der Waals surface area contributed by atoms with Crippen molar-refractivity contribution in [2.24, 2.45) is 13.0 Å². The van der Waals surface area contributed by atoms with Crippen molar-refractivity contribution < 1.29 is 28.0 Å². The minimum atomic E-state index is -0.534. The van der Waals surface area contributed by atoms with Gasteiger partial charge in [-0.25, -0.2) is 38.6 Å². The lowest BCUT2D eigenvalue weighted by Gasteiger charge is -2.41. The molecule has 2 aliphatic carbocycles. The van der Waals surface area contributed by atoms with Crippen LogP contribution in [0.25, 0.3) is 44.7 Å². The fourth-order valence-electron chi connectivity index (χ4n) is 11.3. The fourth-order valence-corrected chi connectivity index (χ4v) is 11.3. The van der Waals surface area contributed by atoms with Gasteiger partial charge in [-0.3, -0.25) is 19.7 Å². The molecule has 5 aliphatic rings. The van der Waals surface area contributed by atoms with Gasteiger partial charge in [0.15, 0.2) is 28.9 Å². The Morgan fingerprint density at radius 3 is 2.33 bits per heavy atom. The molecule has 0 atom stereocenters. The molecule has 0 bridgehead atoms. The topological polar surface area (TPSA) is 221 Å².